The fraction of sp³-hybridized carbons (Fsp3) is 0.111. The summed E-state index contributed by atoms with van der Waals surface area (Å²) >= 11 is 0. The highest BCUT2D eigenvalue weighted by atomic mass is 32.3. The summed E-state index contributed by atoms with van der Waals surface area (Å²) in [5.74, 6) is 0.0775. The fourth-order valence-electron chi connectivity index (χ4n) is 1.45. The van der Waals surface area contributed by atoms with E-state index in [0.29, 0.717) is 5.58 Å². The standard InChI is InChI=1S/C9H7FO3S/c1-6-9(14(10,11)12)7-4-2-3-5-8(7)13-6/h2-5H,1H3. The molecule has 1 aromatic heterocycles. The first-order chi connectivity index (χ1) is 6.50. The number of benzene rings is 1. The van der Waals surface area contributed by atoms with Crippen LogP contribution in [0.15, 0.2) is 33.6 Å². The van der Waals surface area contributed by atoms with Crippen molar-refractivity contribution in [3.8, 4) is 0 Å². The molecule has 14 heavy (non-hydrogen) atoms. The second kappa shape index (κ2) is 2.81. The van der Waals surface area contributed by atoms with E-state index in [1.807, 2.05) is 0 Å². The molecule has 74 valence electrons. The van der Waals surface area contributed by atoms with Crippen molar-refractivity contribution in [1.82, 2.24) is 0 Å². The summed E-state index contributed by atoms with van der Waals surface area (Å²) in [5, 5.41) is 0.285. The predicted molar refractivity (Wildman–Crippen MR) is 49.2 cm³/mol. The Hall–Kier alpha value is -1.36. The van der Waals surface area contributed by atoms with Crippen LogP contribution < -0.4 is 0 Å². The number of hydrogen-bond donors (Lipinski definition) is 0. The lowest BCUT2D eigenvalue weighted by atomic mass is 10.2. The highest BCUT2D eigenvalue weighted by Crippen LogP contribution is 2.30. The number of halogens is 1. The molecule has 0 N–H and O–H groups in total. The largest absolute Gasteiger partial charge is 0.460 e. The molecule has 0 aliphatic heterocycles. The zero-order valence-electron chi connectivity index (χ0n) is 7.32. The third-order valence-corrected chi connectivity index (χ3v) is 2.95. The van der Waals surface area contributed by atoms with Crippen LogP contribution >= 0.6 is 0 Å². The van der Waals surface area contributed by atoms with Gasteiger partial charge in [-0.3, -0.25) is 0 Å². The van der Waals surface area contributed by atoms with Crippen LogP contribution in [0.3, 0.4) is 0 Å². The summed E-state index contributed by atoms with van der Waals surface area (Å²) in [7, 11) is -4.71. The van der Waals surface area contributed by atoms with Gasteiger partial charge in [-0.2, -0.15) is 8.42 Å². The van der Waals surface area contributed by atoms with Gasteiger partial charge >= 0.3 is 10.2 Å². The van der Waals surface area contributed by atoms with Crippen LogP contribution in [-0.2, 0) is 10.2 Å². The van der Waals surface area contributed by atoms with Crippen molar-refractivity contribution in [2.75, 3.05) is 0 Å². The van der Waals surface area contributed by atoms with Gasteiger partial charge in [-0.05, 0) is 19.1 Å². The number of para-hydroxylation sites is 1. The van der Waals surface area contributed by atoms with Crippen LogP contribution in [-0.4, -0.2) is 8.42 Å². The second-order valence-electron chi connectivity index (χ2n) is 2.92. The first-order valence-corrected chi connectivity index (χ1v) is 5.31. The van der Waals surface area contributed by atoms with Crippen molar-refractivity contribution < 1.29 is 16.7 Å². The average molecular weight is 214 g/mol. The van der Waals surface area contributed by atoms with E-state index in [4.69, 9.17) is 4.42 Å². The average Bonchev–Trinajstić information content (AvgIpc) is 2.38. The van der Waals surface area contributed by atoms with Crippen molar-refractivity contribution in [2.24, 2.45) is 0 Å². The molecule has 0 saturated heterocycles. The first kappa shape index (κ1) is 9.21. The Morgan fingerprint density at radius 2 is 1.93 bits per heavy atom. The van der Waals surface area contributed by atoms with Crippen LogP contribution in [0, 0.1) is 6.92 Å². The fourth-order valence-corrected chi connectivity index (χ4v) is 2.26. The van der Waals surface area contributed by atoms with Crippen molar-refractivity contribution in [1.29, 1.82) is 0 Å². The number of rotatable bonds is 1. The highest BCUT2D eigenvalue weighted by molar-refractivity contribution is 7.86. The lowest BCUT2D eigenvalue weighted by Gasteiger charge is -1.90. The number of hydrogen-bond acceptors (Lipinski definition) is 3. The topological polar surface area (TPSA) is 47.3 Å². The second-order valence-corrected chi connectivity index (χ2v) is 4.21. The SMILES string of the molecule is Cc1oc2ccccc2c1S(=O)(=O)F. The molecule has 0 bridgehead atoms. The van der Waals surface area contributed by atoms with E-state index >= 15 is 0 Å². The van der Waals surface area contributed by atoms with E-state index < -0.39 is 10.2 Å². The number of aryl methyl sites for hydroxylation is 1. The van der Waals surface area contributed by atoms with Crippen LogP contribution in [0.25, 0.3) is 11.0 Å². The Morgan fingerprint density at radius 1 is 1.29 bits per heavy atom. The Bertz CT molecular complexity index is 583. The monoisotopic (exact) mass is 214 g/mol. The lowest BCUT2D eigenvalue weighted by Crippen LogP contribution is -1.92. The first-order valence-electron chi connectivity index (χ1n) is 3.93. The van der Waals surface area contributed by atoms with Gasteiger partial charge in [0, 0.05) is 5.39 Å². The molecule has 5 heteroatoms. The van der Waals surface area contributed by atoms with E-state index in [1.165, 1.54) is 13.0 Å². The van der Waals surface area contributed by atoms with Crippen molar-refractivity contribution >= 4 is 21.2 Å². The maximum atomic E-state index is 12.9. The van der Waals surface area contributed by atoms with E-state index in [1.54, 1.807) is 18.2 Å². The maximum Gasteiger partial charge on any atom is 0.336 e. The van der Waals surface area contributed by atoms with Crippen LogP contribution in [0.1, 0.15) is 5.76 Å². The van der Waals surface area contributed by atoms with E-state index in [0.717, 1.165) is 0 Å². The molecule has 2 rings (SSSR count). The zero-order valence-corrected chi connectivity index (χ0v) is 8.14. The van der Waals surface area contributed by atoms with Gasteiger partial charge in [0.25, 0.3) is 0 Å². The van der Waals surface area contributed by atoms with Gasteiger partial charge in [0.05, 0.1) is 0 Å². The third-order valence-electron chi connectivity index (χ3n) is 1.96. The lowest BCUT2D eigenvalue weighted by molar-refractivity contribution is 0.536. The number of furan rings is 1. The molecule has 0 amide bonds. The smallest absolute Gasteiger partial charge is 0.336 e. The summed E-state index contributed by atoms with van der Waals surface area (Å²) in [6.45, 7) is 1.42. The van der Waals surface area contributed by atoms with Gasteiger partial charge in [-0.1, -0.05) is 12.1 Å². The molecular weight excluding hydrogens is 207 g/mol. The predicted octanol–water partition coefficient (Wildman–Crippen LogP) is 2.40. The van der Waals surface area contributed by atoms with Crippen LogP contribution in [0.2, 0.25) is 0 Å². The van der Waals surface area contributed by atoms with Gasteiger partial charge < -0.3 is 4.42 Å². The molecule has 0 atom stereocenters. The molecule has 0 fully saturated rings. The molecule has 0 aliphatic rings. The van der Waals surface area contributed by atoms with Crippen molar-refractivity contribution in [2.45, 2.75) is 11.8 Å². The Morgan fingerprint density at radius 3 is 2.57 bits per heavy atom. The summed E-state index contributed by atoms with van der Waals surface area (Å²) in [6.07, 6.45) is 0. The van der Waals surface area contributed by atoms with Gasteiger partial charge in [0.2, 0.25) is 0 Å². The quantitative estimate of drug-likeness (QED) is 0.685. The molecule has 0 radical (unpaired) electrons. The summed E-state index contributed by atoms with van der Waals surface area (Å²) < 4.78 is 39.6. The minimum absolute atomic E-state index is 0.0775. The molecule has 1 heterocycles. The zero-order chi connectivity index (χ0) is 10.3. The number of fused-ring (bicyclic) bond motifs is 1. The molecule has 0 saturated carbocycles. The Kier molecular flexibility index (Phi) is 1.85. The van der Waals surface area contributed by atoms with E-state index in [9.17, 15) is 12.3 Å². The molecule has 0 unspecified atom stereocenters. The minimum Gasteiger partial charge on any atom is -0.460 e. The maximum absolute atomic E-state index is 12.9. The van der Waals surface area contributed by atoms with Gasteiger partial charge in [-0.25, -0.2) is 0 Å². The van der Waals surface area contributed by atoms with Crippen molar-refractivity contribution in [3.63, 3.8) is 0 Å². The minimum atomic E-state index is -4.71. The Balaban J connectivity index is 2.95. The summed E-state index contributed by atoms with van der Waals surface area (Å²) in [5.41, 5.74) is 0.376. The van der Waals surface area contributed by atoms with Gasteiger partial charge in [-0.15, -0.1) is 3.89 Å². The highest BCUT2D eigenvalue weighted by Gasteiger charge is 2.22. The molecule has 1 aromatic carbocycles. The molecule has 0 spiro atoms. The molecular formula is C9H7FO3S. The van der Waals surface area contributed by atoms with Crippen molar-refractivity contribution in [3.05, 3.63) is 30.0 Å². The molecule has 3 nitrogen and oxygen atoms in total. The van der Waals surface area contributed by atoms with E-state index in [2.05, 4.69) is 0 Å². The molecule has 0 aliphatic carbocycles. The summed E-state index contributed by atoms with van der Waals surface area (Å²) in [4.78, 5) is -0.367. The van der Waals surface area contributed by atoms with Gasteiger partial charge in [0.1, 0.15) is 16.2 Å². The van der Waals surface area contributed by atoms with Crippen LogP contribution in [0.5, 0.6) is 0 Å². The van der Waals surface area contributed by atoms with Crippen LogP contribution in [0.4, 0.5) is 3.89 Å². The Labute approximate surface area is 80.4 Å². The molecule has 2 aromatic rings. The van der Waals surface area contributed by atoms with Gasteiger partial charge in [0.15, 0.2) is 0 Å². The summed E-state index contributed by atoms with van der Waals surface area (Å²) in [6, 6.07) is 6.43. The van der Waals surface area contributed by atoms with E-state index in [-0.39, 0.29) is 16.0 Å². The normalized spacial score (nSPS) is 12.1. The third kappa shape index (κ3) is 1.29.